The van der Waals surface area contributed by atoms with Gasteiger partial charge in [0.25, 0.3) is 0 Å². The highest BCUT2D eigenvalue weighted by Gasteiger charge is 2.08. The van der Waals surface area contributed by atoms with Gasteiger partial charge in [0.1, 0.15) is 11.5 Å². The molecule has 1 heterocycles. The molecule has 0 saturated carbocycles. The number of aromatic nitrogens is 1. The third kappa shape index (κ3) is 4.87. The molecule has 0 bridgehead atoms. The van der Waals surface area contributed by atoms with Crippen LogP contribution in [0, 0.1) is 6.92 Å². The Hall–Kier alpha value is -2.24. The van der Waals surface area contributed by atoms with Crippen LogP contribution in [0.3, 0.4) is 0 Å². The van der Waals surface area contributed by atoms with E-state index in [0.29, 0.717) is 23.4 Å². The fourth-order valence-corrected chi connectivity index (χ4v) is 3.20. The number of ether oxygens (including phenoxy) is 2. The maximum atomic E-state index is 5.84. The summed E-state index contributed by atoms with van der Waals surface area (Å²) in [4.78, 5) is 5.48. The number of hydrogen-bond donors (Lipinski definition) is 1. The highest BCUT2D eigenvalue weighted by molar-refractivity contribution is 7.15. The molecule has 0 atom stereocenters. The fourth-order valence-electron chi connectivity index (χ4n) is 2.36. The molecule has 0 aliphatic heterocycles. The lowest BCUT2D eigenvalue weighted by Crippen LogP contribution is -2.04. The van der Waals surface area contributed by atoms with E-state index >= 15 is 0 Å². The molecule has 25 heavy (non-hydrogen) atoms. The van der Waals surface area contributed by atoms with Crippen molar-refractivity contribution in [2.24, 2.45) is 0 Å². The summed E-state index contributed by atoms with van der Waals surface area (Å²) in [6.07, 6.45) is 0.798. The third-order valence-electron chi connectivity index (χ3n) is 3.58. The number of benzene rings is 2. The zero-order valence-corrected chi connectivity index (χ0v) is 15.4. The number of nitrogen functional groups attached to an aromatic ring is 1. The van der Waals surface area contributed by atoms with Gasteiger partial charge in [-0.15, -0.1) is 11.3 Å². The average Bonchev–Trinajstić information content (AvgIpc) is 2.95. The van der Waals surface area contributed by atoms with E-state index in [2.05, 4.69) is 4.98 Å². The lowest BCUT2D eigenvalue weighted by atomic mass is 10.1. The molecule has 0 radical (unpaired) electrons. The summed E-state index contributed by atoms with van der Waals surface area (Å²) in [6, 6.07) is 15.2. The monoisotopic (exact) mass is 374 g/mol. The molecule has 0 fully saturated rings. The smallest absolute Gasteiger partial charge is 0.180 e. The number of nitrogens with zero attached hydrogens (tertiary/aromatic N) is 1. The van der Waals surface area contributed by atoms with Gasteiger partial charge in [0.2, 0.25) is 0 Å². The van der Waals surface area contributed by atoms with Crippen LogP contribution in [0.5, 0.6) is 11.5 Å². The highest BCUT2D eigenvalue weighted by atomic mass is 35.5. The molecule has 3 aromatic rings. The van der Waals surface area contributed by atoms with Crippen LogP contribution in [0.25, 0.3) is 11.3 Å². The molecule has 1 aromatic heterocycles. The SMILES string of the molecule is Cc1sc(N)nc1-c1ccc(OCCCOc2ccc(Cl)cc2)cc1. The van der Waals surface area contributed by atoms with E-state index in [0.717, 1.165) is 34.1 Å². The van der Waals surface area contributed by atoms with Crippen molar-refractivity contribution in [3.8, 4) is 22.8 Å². The van der Waals surface area contributed by atoms with E-state index in [4.69, 9.17) is 26.8 Å². The Balaban J connectivity index is 1.44. The maximum absolute atomic E-state index is 5.84. The molecule has 0 aliphatic rings. The van der Waals surface area contributed by atoms with E-state index in [-0.39, 0.29) is 0 Å². The molecule has 6 heteroatoms. The van der Waals surface area contributed by atoms with Gasteiger partial charge in [0.15, 0.2) is 5.13 Å². The van der Waals surface area contributed by atoms with Crippen molar-refractivity contribution in [2.75, 3.05) is 18.9 Å². The second-order valence-corrected chi connectivity index (χ2v) is 7.16. The Bertz CT molecular complexity index is 816. The minimum absolute atomic E-state index is 0.591. The van der Waals surface area contributed by atoms with Gasteiger partial charge in [-0.25, -0.2) is 4.98 Å². The van der Waals surface area contributed by atoms with Crippen LogP contribution in [-0.2, 0) is 0 Å². The van der Waals surface area contributed by atoms with Gasteiger partial charge in [-0.2, -0.15) is 0 Å². The molecule has 4 nitrogen and oxygen atoms in total. The first-order valence-corrected chi connectivity index (χ1v) is 9.16. The molecule has 0 aliphatic carbocycles. The Morgan fingerprint density at radius 3 is 2.04 bits per heavy atom. The predicted molar refractivity (Wildman–Crippen MR) is 104 cm³/mol. The van der Waals surface area contributed by atoms with Gasteiger partial charge in [0.05, 0.1) is 18.9 Å². The summed E-state index contributed by atoms with van der Waals surface area (Å²) in [6.45, 7) is 3.21. The predicted octanol–water partition coefficient (Wildman–Crippen LogP) is 5.20. The minimum atomic E-state index is 0.591. The van der Waals surface area contributed by atoms with Crippen LogP contribution in [0.4, 0.5) is 5.13 Å². The Kier molecular flexibility index (Phi) is 5.79. The largest absolute Gasteiger partial charge is 0.493 e. The van der Waals surface area contributed by atoms with Gasteiger partial charge < -0.3 is 15.2 Å². The molecule has 0 saturated heterocycles. The molecule has 3 rings (SSSR count). The summed E-state index contributed by atoms with van der Waals surface area (Å²) in [5, 5.41) is 1.29. The summed E-state index contributed by atoms with van der Waals surface area (Å²) >= 11 is 7.34. The van der Waals surface area contributed by atoms with Gasteiger partial charge in [-0.1, -0.05) is 11.6 Å². The van der Waals surface area contributed by atoms with Gasteiger partial charge in [-0.3, -0.25) is 0 Å². The molecule has 0 amide bonds. The van der Waals surface area contributed by atoms with E-state index in [9.17, 15) is 0 Å². The van der Waals surface area contributed by atoms with E-state index in [1.165, 1.54) is 11.3 Å². The summed E-state index contributed by atoms with van der Waals surface area (Å²) in [5.74, 6) is 1.64. The van der Waals surface area contributed by atoms with E-state index in [1.54, 1.807) is 0 Å². The van der Waals surface area contributed by atoms with Crippen molar-refractivity contribution in [1.29, 1.82) is 0 Å². The summed E-state index contributed by atoms with van der Waals surface area (Å²) < 4.78 is 11.4. The summed E-state index contributed by atoms with van der Waals surface area (Å²) in [5.41, 5.74) is 7.74. The van der Waals surface area contributed by atoms with Crippen LogP contribution in [0.15, 0.2) is 48.5 Å². The van der Waals surface area contributed by atoms with Crippen LogP contribution in [-0.4, -0.2) is 18.2 Å². The van der Waals surface area contributed by atoms with Crippen molar-refractivity contribution in [3.05, 3.63) is 58.4 Å². The van der Waals surface area contributed by atoms with Crippen LogP contribution >= 0.6 is 22.9 Å². The number of aryl methyl sites for hydroxylation is 1. The van der Waals surface area contributed by atoms with E-state index in [1.807, 2.05) is 55.5 Å². The molecular weight excluding hydrogens is 356 g/mol. The molecule has 2 N–H and O–H groups in total. The lowest BCUT2D eigenvalue weighted by Gasteiger charge is -2.08. The number of anilines is 1. The van der Waals surface area contributed by atoms with Gasteiger partial charge in [0, 0.05) is 21.9 Å². The second kappa shape index (κ2) is 8.23. The van der Waals surface area contributed by atoms with Crippen molar-refractivity contribution in [3.63, 3.8) is 0 Å². The average molecular weight is 375 g/mol. The van der Waals surface area contributed by atoms with Crippen molar-refractivity contribution < 1.29 is 9.47 Å². The Morgan fingerprint density at radius 2 is 1.52 bits per heavy atom. The van der Waals surface area contributed by atoms with Crippen LogP contribution in [0.1, 0.15) is 11.3 Å². The Labute approximate surface area is 156 Å². The number of hydrogen-bond acceptors (Lipinski definition) is 5. The standard InChI is InChI=1S/C19H19ClN2O2S/c1-13-18(22-19(21)25-13)14-3-7-16(8-4-14)23-11-2-12-24-17-9-5-15(20)6-10-17/h3-10H,2,11-12H2,1H3,(H2,21,22). The molecular formula is C19H19ClN2O2S. The number of halogens is 1. The van der Waals surface area contributed by atoms with E-state index < -0.39 is 0 Å². The molecule has 0 spiro atoms. The van der Waals surface area contributed by atoms with Crippen molar-refractivity contribution >= 4 is 28.1 Å². The van der Waals surface area contributed by atoms with Gasteiger partial charge >= 0.3 is 0 Å². The third-order valence-corrected chi connectivity index (χ3v) is 4.63. The topological polar surface area (TPSA) is 57.4 Å². The normalized spacial score (nSPS) is 10.6. The highest BCUT2D eigenvalue weighted by Crippen LogP contribution is 2.29. The zero-order chi connectivity index (χ0) is 17.6. The fraction of sp³-hybridized carbons (Fsp3) is 0.211. The number of thiazole rings is 1. The van der Waals surface area contributed by atoms with Crippen LogP contribution < -0.4 is 15.2 Å². The van der Waals surface area contributed by atoms with Gasteiger partial charge in [-0.05, 0) is 55.5 Å². The zero-order valence-electron chi connectivity index (χ0n) is 13.9. The summed E-state index contributed by atoms with van der Waals surface area (Å²) in [7, 11) is 0. The first-order valence-electron chi connectivity index (χ1n) is 7.96. The minimum Gasteiger partial charge on any atom is -0.493 e. The molecule has 0 unspecified atom stereocenters. The Morgan fingerprint density at radius 1 is 0.960 bits per heavy atom. The number of rotatable bonds is 7. The van der Waals surface area contributed by atoms with Crippen LogP contribution in [0.2, 0.25) is 5.02 Å². The quantitative estimate of drug-likeness (QED) is 0.577. The van der Waals surface area contributed by atoms with Crippen molar-refractivity contribution in [1.82, 2.24) is 4.98 Å². The first kappa shape index (κ1) is 17.6. The molecule has 2 aromatic carbocycles. The number of nitrogens with two attached hydrogens (primary N) is 1. The maximum Gasteiger partial charge on any atom is 0.180 e. The van der Waals surface area contributed by atoms with Crippen molar-refractivity contribution in [2.45, 2.75) is 13.3 Å². The first-order chi connectivity index (χ1) is 12.1. The second-order valence-electron chi connectivity index (χ2n) is 5.49. The molecule has 130 valence electrons. The lowest BCUT2D eigenvalue weighted by molar-refractivity contribution is 0.247.